The number of hydrogen-bond acceptors (Lipinski definition) is 2. The van der Waals surface area contributed by atoms with Crippen LogP contribution in [0.2, 0.25) is 0 Å². The van der Waals surface area contributed by atoms with Crippen LogP contribution in [0.1, 0.15) is 32.1 Å². The van der Waals surface area contributed by atoms with Gasteiger partial charge in [0.2, 0.25) is 5.91 Å². The minimum Gasteiger partial charge on any atom is -0.361 e. The standard InChI is InChI=1S/C15H19N3O/c16-15(7-2-1-3-8-15)14(19)18-12-4-5-13-11(10-12)6-9-17-13/h4-6,9-10,17H,1-3,7-8,16H2,(H,18,19). The number of anilines is 1. The van der Waals surface area contributed by atoms with Gasteiger partial charge in [-0.25, -0.2) is 0 Å². The summed E-state index contributed by atoms with van der Waals surface area (Å²) in [5.74, 6) is -0.0536. The summed E-state index contributed by atoms with van der Waals surface area (Å²) >= 11 is 0. The van der Waals surface area contributed by atoms with Gasteiger partial charge in [-0.1, -0.05) is 19.3 Å². The number of benzene rings is 1. The zero-order chi connectivity index (χ0) is 13.3. The lowest BCUT2D eigenvalue weighted by Crippen LogP contribution is -2.52. The number of rotatable bonds is 2. The van der Waals surface area contributed by atoms with Crippen molar-refractivity contribution < 1.29 is 4.79 Å². The molecule has 100 valence electrons. The Morgan fingerprint density at radius 3 is 2.79 bits per heavy atom. The predicted octanol–water partition coefficient (Wildman–Crippen LogP) is 2.77. The highest BCUT2D eigenvalue weighted by molar-refractivity contribution is 5.99. The van der Waals surface area contributed by atoms with Gasteiger partial charge in [-0.15, -0.1) is 0 Å². The van der Waals surface area contributed by atoms with Crippen LogP contribution in [0.3, 0.4) is 0 Å². The molecular formula is C15H19N3O. The molecule has 4 nitrogen and oxygen atoms in total. The third-order valence-electron chi connectivity index (χ3n) is 4.01. The van der Waals surface area contributed by atoms with Crippen LogP contribution < -0.4 is 11.1 Å². The van der Waals surface area contributed by atoms with Crippen LogP contribution >= 0.6 is 0 Å². The predicted molar refractivity (Wildman–Crippen MR) is 76.9 cm³/mol. The molecule has 1 saturated carbocycles. The van der Waals surface area contributed by atoms with Gasteiger partial charge in [0.05, 0.1) is 5.54 Å². The van der Waals surface area contributed by atoms with Gasteiger partial charge in [0.15, 0.2) is 0 Å². The first kappa shape index (κ1) is 12.2. The Morgan fingerprint density at radius 2 is 2.00 bits per heavy atom. The molecule has 1 amide bonds. The van der Waals surface area contributed by atoms with Gasteiger partial charge in [0, 0.05) is 22.8 Å². The van der Waals surface area contributed by atoms with Gasteiger partial charge in [-0.2, -0.15) is 0 Å². The summed E-state index contributed by atoms with van der Waals surface area (Å²) in [5, 5.41) is 4.05. The molecule has 3 rings (SSSR count). The van der Waals surface area contributed by atoms with Crippen LogP contribution in [-0.2, 0) is 4.79 Å². The summed E-state index contributed by atoms with van der Waals surface area (Å²) in [7, 11) is 0. The number of fused-ring (bicyclic) bond motifs is 1. The normalized spacial score (nSPS) is 18.4. The van der Waals surface area contributed by atoms with Crippen LogP contribution in [0.5, 0.6) is 0 Å². The molecule has 1 fully saturated rings. The van der Waals surface area contributed by atoms with Crippen LogP contribution in [0, 0.1) is 0 Å². The maximum Gasteiger partial charge on any atom is 0.244 e. The Balaban J connectivity index is 1.78. The van der Waals surface area contributed by atoms with E-state index in [9.17, 15) is 4.79 Å². The molecule has 1 aliphatic rings. The number of nitrogens with two attached hydrogens (primary N) is 1. The lowest BCUT2D eigenvalue weighted by atomic mass is 9.82. The highest BCUT2D eigenvalue weighted by Gasteiger charge is 2.35. The fourth-order valence-electron chi connectivity index (χ4n) is 2.80. The second-order valence-electron chi connectivity index (χ2n) is 5.45. The fourth-order valence-corrected chi connectivity index (χ4v) is 2.80. The first-order valence-electron chi connectivity index (χ1n) is 6.85. The van der Waals surface area contributed by atoms with Gasteiger partial charge >= 0.3 is 0 Å². The zero-order valence-corrected chi connectivity index (χ0v) is 10.9. The molecule has 1 aromatic carbocycles. The van der Waals surface area contributed by atoms with E-state index in [1.54, 1.807) is 0 Å². The molecule has 0 saturated heterocycles. The monoisotopic (exact) mass is 257 g/mol. The van der Waals surface area contributed by atoms with Crippen molar-refractivity contribution in [1.82, 2.24) is 4.98 Å². The SMILES string of the molecule is NC1(C(=O)Nc2ccc3[nH]ccc3c2)CCCCC1. The third kappa shape index (κ3) is 2.36. The van der Waals surface area contributed by atoms with Crippen LogP contribution in [0.15, 0.2) is 30.5 Å². The third-order valence-corrected chi connectivity index (χ3v) is 4.01. The Bertz CT molecular complexity index is 596. The Labute approximate surface area is 112 Å². The molecule has 19 heavy (non-hydrogen) atoms. The molecule has 1 aliphatic carbocycles. The maximum absolute atomic E-state index is 12.3. The van der Waals surface area contributed by atoms with E-state index in [0.717, 1.165) is 42.3 Å². The van der Waals surface area contributed by atoms with Gasteiger partial charge < -0.3 is 16.0 Å². The average molecular weight is 257 g/mol. The lowest BCUT2D eigenvalue weighted by Gasteiger charge is -2.31. The largest absolute Gasteiger partial charge is 0.361 e. The number of nitrogens with one attached hydrogen (secondary N) is 2. The van der Waals surface area contributed by atoms with E-state index >= 15 is 0 Å². The molecule has 4 heteroatoms. The van der Waals surface area contributed by atoms with E-state index in [-0.39, 0.29) is 5.91 Å². The van der Waals surface area contributed by atoms with E-state index in [1.807, 2.05) is 30.5 Å². The number of hydrogen-bond donors (Lipinski definition) is 3. The van der Waals surface area contributed by atoms with Crippen molar-refractivity contribution in [3.8, 4) is 0 Å². The van der Waals surface area contributed by atoms with Crippen molar-refractivity contribution in [1.29, 1.82) is 0 Å². The van der Waals surface area contributed by atoms with E-state index < -0.39 is 5.54 Å². The molecule has 0 radical (unpaired) electrons. The quantitative estimate of drug-likeness (QED) is 0.774. The molecule has 0 unspecified atom stereocenters. The number of aromatic amines is 1. The summed E-state index contributed by atoms with van der Waals surface area (Å²) < 4.78 is 0. The summed E-state index contributed by atoms with van der Waals surface area (Å²) in [5.41, 5.74) is 7.42. The maximum atomic E-state index is 12.3. The number of carbonyl (C=O) groups is 1. The minimum absolute atomic E-state index is 0.0536. The van der Waals surface area contributed by atoms with Crippen LogP contribution in [-0.4, -0.2) is 16.4 Å². The molecular weight excluding hydrogens is 238 g/mol. The van der Waals surface area contributed by atoms with Crippen molar-refractivity contribution in [3.63, 3.8) is 0 Å². The van der Waals surface area contributed by atoms with Crippen molar-refractivity contribution in [2.45, 2.75) is 37.6 Å². The highest BCUT2D eigenvalue weighted by Crippen LogP contribution is 2.27. The van der Waals surface area contributed by atoms with Gasteiger partial charge in [-0.05, 0) is 37.1 Å². The Hall–Kier alpha value is -1.81. The number of H-pyrrole nitrogens is 1. The number of carbonyl (C=O) groups excluding carboxylic acids is 1. The summed E-state index contributed by atoms with van der Waals surface area (Å²) in [4.78, 5) is 15.5. The van der Waals surface area contributed by atoms with Gasteiger partial charge in [0.1, 0.15) is 0 Å². The molecule has 0 aliphatic heterocycles. The van der Waals surface area contributed by atoms with Crippen LogP contribution in [0.25, 0.3) is 10.9 Å². The molecule has 0 atom stereocenters. The van der Waals surface area contributed by atoms with Gasteiger partial charge in [0.25, 0.3) is 0 Å². The molecule has 2 aromatic rings. The summed E-state index contributed by atoms with van der Waals surface area (Å²) in [6.07, 6.45) is 6.72. The summed E-state index contributed by atoms with van der Waals surface area (Å²) in [6, 6.07) is 7.83. The Kier molecular flexibility index (Phi) is 3.03. The minimum atomic E-state index is -0.689. The van der Waals surface area contributed by atoms with Crippen molar-refractivity contribution in [2.24, 2.45) is 5.73 Å². The molecule has 0 spiro atoms. The van der Waals surface area contributed by atoms with Crippen molar-refractivity contribution >= 4 is 22.5 Å². The van der Waals surface area contributed by atoms with E-state index in [4.69, 9.17) is 5.73 Å². The second-order valence-corrected chi connectivity index (χ2v) is 5.45. The molecule has 1 aromatic heterocycles. The Morgan fingerprint density at radius 1 is 1.21 bits per heavy atom. The first-order valence-corrected chi connectivity index (χ1v) is 6.85. The second kappa shape index (κ2) is 4.70. The van der Waals surface area contributed by atoms with Crippen LogP contribution in [0.4, 0.5) is 5.69 Å². The average Bonchev–Trinajstić information content (AvgIpc) is 2.87. The molecule has 1 heterocycles. The lowest BCUT2D eigenvalue weighted by molar-refractivity contribution is -0.122. The zero-order valence-electron chi connectivity index (χ0n) is 10.9. The van der Waals surface area contributed by atoms with E-state index in [2.05, 4.69) is 10.3 Å². The highest BCUT2D eigenvalue weighted by atomic mass is 16.2. The fraction of sp³-hybridized carbons (Fsp3) is 0.400. The first-order chi connectivity index (χ1) is 9.17. The van der Waals surface area contributed by atoms with Crippen molar-refractivity contribution in [3.05, 3.63) is 30.5 Å². The number of aromatic nitrogens is 1. The molecule has 0 bridgehead atoms. The summed E-state index contributed by atoms with van der Waals surface area (Å²) in [6.45, 7) is 0. The smallest absolute Gasteiger partial charge is 0.244 e. The van der Waals surface area contributed by atoms with E-state index in [1.165, 1.54) is 6.42 Å². The number of amides is 1. The topological polar surface area (TPSA) is 70.9 Å². The van der Waals surface area contributed by atoms with Gasteiger partial charge in [-0.3, -0.25) is 4.79 Å². The van der Waals surface area contributed by atoms with Crippen molar-refractivity contribution in [2.75, 3.05) is 5.32 Å². The molecule has 4 N–H and O–H groups in total. The van der Waals surface area contributed by atoms with E-state index in [0.29, 0.717) is 0 Å².